The van der Waals surface area contributed by atoms with Gasteiger partial charge in [-0.3, -0.25) is 4.79 Å². The summed E-state index contributed by atoms with van der Waals surface area (Å²) in [5.41, 5.74) is 5.80. The number of hydrogen-bond acceptors (Lipinski definition) is 3. The molecule has 11 heavy (non-hydrogen) atoms. The van der Waals surface area contributed by atoms with Gasteiger partial charge in [0.15, 0.2) is 0 Å². The monoisotopic (exact) mass is 151 g/mol. The number of amides is 1. The van der Waals surface area contributed by atoms with E-state index in [1.807, 2.05) is 6.92 Å². The van der Waals surface area contributed by atoms with Crippen LogP contribution in [0.5, 0.6) is 0 Å². The first-order chi connectivity index (χ1) is 5.24. The summed E-state index contributed by atoms with van der Waals surface area (Å²) in [4.78, 5) is 18.2. The van der Waals surface area contributed by atoms with Gasteiger partial charge in [0, 0.05) is 11.9 Å². The Kier molecular flexibility index (Phi) is 2.15. The predicted octanol–water partition coefficient (Wildman–Crippen LogP) is 0.138. The quantitative estimate of drug-likeness (QED) is 0.653. The van der Waals surface area contributed by atoms with Crippen molar-refractivity contribution in [3.63, 3.8) is 0 Å². The average molecular weight is 151 g/mol. The molecule has 0 aliphatic carbocycles. The molecular formula is C7H9N3O. The normalized spacial score (nSPS) is 9.55. The minimum atomic E-state index is -0.583. The standard InChI is InChI=1S/C7H9N3O/c1-2-5-3-4-9-7(10-5)6(8)11/h3-4H,2H2,1H3,(H2,8,11). The maximum Gasteiger partial charge on any atom is 0.286 e. The van der Waals surface area contributed by atoms with Crippen LogP contribution in [0, 0.1) is 0 Å². The molecule has 1 rings (SSSR count). The van der Waals surface area contributed by atoms with E-state index < -0.39 is 5.91 Å². The lowest BCUT2D eigenvalue weighted by molar-refractivity contribution is 0.0990. The largest absolute Gasteiger partial charge is 0.363 e. The van der Waals surface area contributed by atoms with E-state index in [0.29, 0.717) is 0 Å². The zero-order valence-corrected chi connectivity index (χ0v) is 6.24. The zero-order valence-electron chi connectivity index (χ0n) is 6.24. The summed E-state index contributed by atoms with van der Waals surface area (Å²) in [6, 6.07) is 1.76. The number of rotatable bonds is 2. The van der Waals surface area contributed by atoms with Crippen LogP contribution in [0.4, 0.5) is 0 Å². The van der Waals surface area contributed by atoms with E-state index >= 15 is 0 Å². The van der Waals surface area contributed by atoms with Crippen LogP contribution in [0.25, 0.3) is 0 Å². The Labute approximate surface area is 64.5 Å². The van der Waals surface area contributed by atoms with Crippen molar-refractivity contribution < 1.29 is 4.79 Å². The fraction of sp³-hybridized carbons (Fsp3) is 0.286. The first-order valence-electron chi connectivity index (χ1n) is 3.35. The van der Waals surface area contributed by atoms with Gasteiger partial charge in [-0.2, -0.15) is 0 Å². The molecule has 0 aliphatic heterocycles. The van der Waals surface area contributed by atoms with Crippen LogP contribution < -0.4 is 5.73 Å². The van der Waals surface area contributed by atoms with Crippen LogP contribution in [0.2, 0.25) is 0 Å². The molecule has 0 fully saturated rings. The van der Waals surface area contributed by atoms with E-state index in [0.717, 1.165) is 12.1 Å². The van der Waals surface area contributed by atoms with Crippen LogP contribution >= 0.6 is 0 Å². The molecule has 0 bridgehead atoms. The Morgan fingerprint density at radius 1 is 1.73 bits per heavy atom. The third kappa shape index (κ3) is 1.73. The highest BCUT2D eigenvalue weighted by atomic mass is 16.1. The Morgan fingerprint density at radius 3 is 3.00 bits per heavy atom. The topological polar surface area (TPSA) is 68.9 Å². The van der Waals surface area contributed by atoms with E-state index in [1.54, 1.807) is 6.07 Å². The molecule has 0 saturated carbocycles. The summed E-state index contributed by atoms with van der Waals surface area (Å²) in [5, 5.41) is 0. The van der Waals surface area contributed by atoms with Gasteiger partial charge >= 0.3 is 0 Å². The summed E-state index contributed by atoms with van der Waals surface area (Å²) in [5.74, 6) is -0.496. The van der Waals surface area contributed by atoms with Gasteiger partial charge in [0.2, 0.25) is 5.82 Å². The molecule has 0 atom stereocenters. The SMILES string of the molecule is CCc1ccnc(C(N)=O)n1. The number of aryl methyl sites for hydroxylation is 1. The van der Waals surface area contributed by atoms with E-state index in [-0.39, 0.29) is 5.82 Å². The number of primary amides is 1. The number of hydrogen-bond donors (Lipinski definition) is 1. The molecule has 0 aliphatic rings. The van der Waals surface area contributed by atoms with Crippen LogP contribution in [-0.2, 0) is 6.42 Å². The second-order valence-corrected chi connectivity index (χ2v) is 2.09. The van der Waals surface area contributed by atoms with Gasteiger partial charge in [0.1, 0.15) is 0 Å². The van der Waals surface area contributed by atoms with E-state index in [2.05, 4.69) is 9.97 Å². The second kappa shape index (κ2) is 3.09. The molecule has 4 nitrogen and oxygen atoms in total. The Hall–Kier alpha value is -1.45. The second-order valence-electron chi connectivity index (χ2n) is 2.09. The van der Waals surface area contributed by atoms with Gasteiger partial charge in [-0.25, -0.2) is 9.97 Å². The number of carbonyl (C=O) groups is 1. The molecule has 4 heteroatoms. The van der Waals surface area contributed by atoms with Gasteiger partial charge in [-0.15, -0.1) is 0 Å². The first kappa shape index (κ1) is 7.65. The van der Waals surface area contributed by atoms with Gasteiger partial charge in [0.25, 0.3) is 5.91 Å². The molecule has 0 radical (unpaired) electrons. The van der Waals surface area contributed by atoms with Gasteiger partial charge in [-0.1, -0.05) is 6.92 Å². The minimum Gasteiger partial charge on any atom is -0.363 e. The number of carbonyl (C=O) groups excluding carboxylic acids is 1. The fourth-order valence-electron chi connectivity index (χ4n) is 0.712. The van der Waals surface area contributed by atoms with E-state index in [9.17, 15) is 4.79 Å². The Morgan fingerprint density at radius 2 is 2.45 bits per heavy atom. The summed E-state index contributed by atoms with van der Waals surface area (Å²) >= 11 is 0. The maximum absolute atomic E-state index is 10.6. The van der Waals surface area contributed by atoms with Gasteiger partial charge < -0.3 is 5.73 Å². The third-order valence-corrected chi connectivity index (χ3v) is 1.30. The summed E-state index contributed by atoms with van der Waals surface area (Å²) in [7, 11) is 0. The summed E-state index contributed by atoms with van der Waals surface area (Å²) in [6.07, 6.45) is 2.31. The third-order valence-electron chi connectivity index (χ3n) is 1.30. The maximum atomic E-state index is 10.6. The predicted molar refractivity (Wildman–Crippen MR) is 39.9 cm³/mol. The zero-order chi connectivity index (χ0) is 8.27. The average Bonchev–Trinajstić information content (AvgIpc) is 2.05. The van der Waals surface area contributed by atoms with Crippen molar-refractivity contribution in [2.24, 2.45) is 5.73 Å². The lowest BCUT2D eigenvalue weighted by Crippen LogP contribution is -2.15. The molecule has 0 saturated heterocycles. The van der Waals surface area contributed by atoms with E-state index in [1.165, 1.54) is 6.20 Å². The van der Waals surface area contributed by atoms with Gasteiger partial charge in [0.05, 0.1) is 0 Å². The molecule has 2 N–H and O–H groups in total. The van der Waals surface area contributed by atoms with Crippen molar-refractivity contribution in [2.45, 2.75) is 13.3 Å². The van der Waals surface area contributed by atoms with Crippen molar-refractivity contribution >= 4 is 5.91 Å². The molecular weight excluding hydrogens is 142 g/mol. The lowest BCUT2D eigenvalue weighted by atomic mass is 10.3. The lowest BCUT2D eigenvalue weighted by Gasteiger charge is -1.95. The molecule has 0 unspecified atom stereocenters. The Balaban J connectivity index is 3.01. The molecule has 58 valence electrons. The fourth-order valence-corrected chi connectivity index (χ4v) is 0.712. The van der Waals surface area contributed by atoms with Gasteiger partial charge in [-0.05, 0) is 12.5 Å². The highest BCUT2D eigenvalue weighted by Gasteiger charge is 2.02. The van der Waals surface area contributed by atoms with Crippen molar-refractivity contribution in [3.05, 3.63) is 23.8 Å². The molecule has 1 amide bonds. The highest BCUT2D eigenvalue weighted by molar-refractivity contribution is 5.88. The molecule has 1 aromatic rings. The van der Waals surface area contributed by atoms with Crippen molar-refractivity contribution in [3.8, 4) is 0 Å². The van der Waals surface area contributed by atoms with Crippen LogP contribution in [0.15, 0.2) is 12.3 Å². The van der Waals surface area contributed by atoms with E-state index in [4.69, 9.17) is 5.73 Å². The molecule has 0 aromatic carbocycles. The molecule has 1 heterocycles. The highest BCUT2D eigenvalue weighted by Crippen LogP contribution is 1.94. The summed E-state index contributed by atoms with van der Waals surface area (Å²) in [6.45, 7) is 1.95. The minimum absolute atomic E-state index is 0.0874. The Bertz CT molecular complexity index is 272. The molecule has 0 spiro atoms. The smallest absolute Gasteiger partial charge is 0.286 e. The number of aromatic nitrogens is 2. The molecule has 1 aromatic heterocycles. The van der Waals surface area contributed by atoms with Crippen LogP contribution in [-0.4, -0.2) is 15.9 Å². The van der Waals surface area contributed by atoms with Crippen LogP contribution in [0.3, 0.4) is 0 Å². The number of nitrogens with zero attached hydrogens (tertiary/aromatic N) is 2. The first-order valence-corrected chi connectivity index (χ1v) is 3.35. The van der Waals surface area contributed by atoms with Crippen molar-refractivity contribution in [1.82, 2.24) is 9.97 Å². The number of nitrogens with two attached hydrogens (primary N) is 1. The van der Waals surface area contributed by atoms with Crippen molar-refractivity contribution in [1.29, 1.82) is 0 Å². The summed E-state index contributed by atoms with van der Waals surface area (Å²) < 4.78 is 0. The van der Waals surface area contributed by atoms with Crippen molar-refractivity contribution in [2.75, 3.05) is 0 Å². The van der Waals surface area contributed by atoms with Crippen LogP contribution in [0.1, 0.15) is 23.2 Å².